The molecule has 1 heteroatoms. The third-order valence-electron chi connectivity index (χ3n) is 7.13. The van der Waals surface area contributed by atoms with E-state index in [1.807, 2.05) is 0 Å². The van der Waals surface area contributed by atoms with Crippen LogP contribution >= 0.6 is 0 Å². The zero-order valence-corrected chi connectivity index (χ0v) is 14.5. The molecular weight excluding hydrogens is 278 g/mol. The van der Waals surface area contributed by atoms with Gasteiger partial charge >= 0.3 is 0 Å². The Morgan fingerprint density at radius 3 is 1.74 bits per heavy atom. The number of nitrogens with zero attached hydrogens (tertiary/aromatic N) is 1. The summed E-state index contributed by atoms with van der Waals surface area (Å²) >= 11 is 0. The van der Waals surface area contributed by atoms with E-state index in [9.17, 15) is 0 Å². The van der Waals surface area contributed by atoms with Gasteiger partial charge in [-0.15, -0.1) is 0 Å². The van der Waals surface area contributed by atoms with Crippen molar-refractivity contribution in [3.05, 3.63) is 60.7 Å². The molecule has 2 aromatic rings. The average molecular weight is 305 g/mol. The minimum Gasteiger partial charge on any atom is -0.338 e. The van der Waals surface area contributed by atoms with Crippen LogP contribution in [-0.4, -0.2) is 6.04 Å². The van der Waals surface area contributed by atoms with Crippen molar-refractivity contribution >= 4 is 11.4 Å². The SMILES string of the molecule is CC1(C)C2CCC1(C)C(N(c1ccccc1)c1ccccc1)C2. The van der Waals surface area contributed by atoms with Gasteiger partial charge in [0.1, 0.15) is 0 Å². The highest BCUT2D eigenvalue weighted by atomic mass is 15.2. The van der Waals surface area contributed by atoms with Gasteiger partial charge in [0, 0.05) is 17.4 Å². The molecule has 4 rings (SSSR count). The van der Waals surface area contributed by atoms with Crippen molar-refractivity contribution in [3.63, 3.8) is 0 Å². The second kappa shape index (κ2) is 5.12. The Hall–Kier alpha value is -1.76. The molecule has 23 heavy (non-hydrogen) atoms. The fourth-order valence-corrected chi connectivity index (χ4v) is 5.24. The lowest BCUT2D eigenvalue weighted by Crippen LogP contribution is -2.45. The van der Waals surface area contributed by atoms with Gasteiger partial charge in [-0.2, -0.15) is 0 Å². The van der Waals surface area contributed by atoms with Gasteiger partial charge in [0.15, 0.2) is 0 Å². The summed E-state index contributed by atoms with van der Waals surface area (Å²) in [7, 11) is 0. The molecule has 2 fully saturated rings. The van der Waals surface area contributed by atoms with E-state index in [4.69, 9.17) is 0 Å². The molecule has 0 amide bonds. The predicted molar refractivity (Wildman–Crippen MR) is 98.0 cm³/mol. The van der Waals surface area contributed by atoms with Crippen LogP contribution < -0.4 is 4.90 Å². The fraction of sp³-hybridized carbons (Fsp3) is 0.455. The molecule has 3 unspecified atom stereocenters. The Bertz CT molecular complexity index is 636. The van der Waals surface area contributed by atoms with E-state index in [2.05, 4.69) is 86.3 Å². The first kappa shape index (κ1) is 14.8. The van der Waals surface area contributed by atoms with Gasteiger partial charge in [-0.1, -0.05) is 57.2 Å². The maximum Gasteiger partial charge on any atom is 0.0413 e. The molecule has 0 saturated heterocycles. The lowest BCUT2D eigenvalue weighted by molar-refractivity contribution is 0.136. The van der Waals surface area contributed by atoms with Crippen molar-refractivity contribution in [1.29, 1.82) is 0 Å². The Labute approximate surface area is 140 Å². The lowest BCUT2D eigenvalue weighted by atomic mass is 9.68. The van der Waals surface area contributed by atoms with Crippen molar-refractivity contribution in [2.24, 2.45) is 16.7 Å². The average Bonchev–Trinajstić information content (AvgIpc) is 2.91. The minimum atomic E-state index is 0.378. The van der Waals surface area contributed by atoms with Gasteiger partial charge in [-0.05, 0) is 60.3 Å². The number of anilines is 2. The quantitative estimate of drug-likeness (QED) is 0.668. The smallest absolute Gasteiger partial charge is 0.0413 e. The molecule has 0 aliphatic heterocycles. The van der Waals surface area contributed by atoms with Crippen molar-refractivity contribution < 1.29 is 0 Å². The van der Waals surface area contributed by atoms with Gasteiger partial charge in [-0.25, -0.2) is 0 Å². The fourth-order valence-electron chi connectivity index (χ4n) is 5.24. The van der Waals surface area contributed by atoms with Gasteiger partial charge in [0.25, 0.3) is 0 Å². The van der Waals surface area contributed by atoms with Crippen LogP contribution in [0.2, 0.25) is 0 Å². The molecule has 0 radical (unpaired) electrons. The normalized spacial score (nSPS) is 31.3. The zero-order valence-electron chi connectivity index (χ0n) is 14.5. The van der Waals surface area contributed by atoms with Crippen LogP contribution in [-0.2, 0) is 0 Å². The van der Waals surface area contributed by atoms with E-state index < -0.39 is 0 Å². The summed E-state index contributed by atoms with van der Waals surface area (Å²) in [6, 6.07) is 22.5. The number of rotatable bonds is 3. The molecular formula is C22H27N. The van der Waals surface area contributed by atoms with Crippen molar-refractivity contribution in [2.75, 3.05) is 4.90 Å². The van der Waals surface area contributed by atoms with Crippen LogP contribution in [0.4, 0.5) is 11.4 Å². The van der Waals surface area contributed by atoms with Gasteiger partial charge in [-0.3, -0.25) is 0 Å². The molecule has 0 N–H and O–H groups in total. The minimum absolute atomic E-state index is 0.378. The molecule has 0 spiro atoms. The van der Waals surface area contributed by atoms with Crippen LogP contribution in [0.5, 0.6) is 0 Å². The van der Waals surface area contributed by atoms with E-state index in [-0.39, 0.29) is 0 Å². The third-order valence-corrected chi connectivity index (χ3v) is 7.13. The summed E-state index contributed by atoms with van der Waals surface area (Å²) in [4.78, 5) is 2.61. The summed E-state index contributed by atoms with van der Waals surface area (Å²) in [5.41, 5.74) is 3.46. The zero-order chi connectivity index (χ0) is 16.1. The standard InChI is InChI=1S/C22H27N/c1-21(2)17-14-15-22(21,3)20(16-17)23(18-10-6-4-7-11-18)19-12-8-5-9-13-19/h4-13,17,20H,14-16H2,1-3H3. The molecule has 2 saturated carbocycles. The van der Waals surface area contributed by atoms with E-state index in [1.165, 1.54) is 30.6 Å². The first-order valence-electron chi connectivity index (χ1n) is 8.93. The summed E-state index contributed by atoms with van der Waals surface area (Å²) in [6.07, 6.45) is 4.07. The molecule has 1 nitrogen and oxygen atoms in total. The Morgan fingerprint density at radius 1 is 0.826 bits per heavy atom. The number of hydrogen-bond acceptors (Lipinski definition) is 1. The van der Waals surface area contributed by atoms with Crippen LogP contribution in [0.3, 0.4) is 0 Å². The molecule has 3 atom stereocenters. The summed E-state index contributed by atoms with van der Waals surface area (Å²) in [5.74, 6) is 0.854. The topological polar surface area (TPSA) is 3.24 Å². The first-order chi connectivity index (χ1) is 11.0. The van der Waals surface area contributed by atoms with Crippen LogP contribution in [0.25, 0.3) is 0 Å². The molecule has 120 valence electrons. The number of fused-ring (bicyclic) bond motifs is 2. The van der Waals surface area contributed by atoms with Crippen LogP contribution in [0, 0.1) is 16.7 Å². The maximum absolute atomic E-state index is 2.61. The van der Waals surface area contributed by atoms with Crippen molar-refractivity contribution in [2.45, 2.75) is 46.1 Å². The summed E-state index contributed by atoms with van der Waals surface area (Å²) in [5, 5.41) is 0. The molecule has 2 aromatic carbocycles. The van der Waals surface area contributed by atoms with Crippen molar-refractivity contribution in [1.82, 2.24) is 0 Å². The molecule has 0 aromatic heterocycles. The largest absolute Gasteiger partial charge is 0.338 e. The van der Waals surface area contributed by atoms with Gasteiger partial charge in [0.2, 0.25) is 0 Å². The maximum atomic E-state index is 2.61. The highest BCUT2D eigenvalue weighted by molar-refractivity contribution is 5.65. The first-order valence-corrected chi connectivity index (χ1v) is 8.93. The molecule has 0 heterocycles. The third kappa shape index (κ3) is 2.06. The Balaban J connectivity index is 1.82. The summed E-state index contributed by atoms with van der Waals surface area (Å²) < 4.78 is 0. The Kier molecular flexibility index (Phi) is 3.30. The van der Waals surface area contributed by atoms with Crippen molar-refractivity contribution in [3.8, 4) is 0 Å². The monoisotopic (exact) mass is 305 g/mol. The van der Waals surface area contributed by atoms with Gasteiger partial charge < -0.3 is 4.90 Å². The molecule has 2 aliphatic rings. The van der Waals surface area contributed by atoms with Crippen LogP contribution in [0.15, 0.2) is 60.7 Å². The number of para-hydroxylation sites is 2. The Morgan fingerprint density at radius 2 is 1.35 bits per heavy atom. The predicted octanol–water partition coefficient (Wildman–Crippen LogP) is 6.04. The number of benzene rings is 2. The second-order valence-corrected chi connectivity index (χ2v) is 8.17. The summed E-state index contributed by atoms with van der Waals surface area (Å²) in [6.45, 7) is 7.53. The van der Waals surface area contributed by atoms with E-state index in [0.717, 1.165) is 5.92 Å². The van der Waals surface area contributed by atoms with Crippen LogP contribution in [0.1, 0.15) is 40.0 Å². The highest BCUT2D eigenvalue weighted by Gasteiger charge is 2.62. The van der Waals surface area contributed by atoms with E-state index in [1.54, 1.807) is 0 Å². The highest BCUT2D eigenvalue weighted by Crippen LogP contribution is 2.67. The lowest BCUT2D eigenvalue weighted by Gasteiger charge is -2.45. The molecule has 2 aliphatic carbocycles. The van der Waals surface area contributed by atoms with E-state index >= 15 is 0 Å². The number of hydrogen-bond donors (Lipinski definition) is 0. The van der Waals surface area contributed by atoms with Gasteiger partial charge in [0.05, 0.1) is 0 Å². The molecule has 2 bridgehead atoms. The van der Waals surface area contributed by atoms with E-state index in [0.29, 0.717) is 16.9 Å². The second-order valence-electron chi connectivity index (χ2n) is 8.17.